The molecule has 0 spiro atoms. The van der Waals surface area contributed by atoms with Crippen molar-refractivity contribution in [3.05, 3.63) is 33.8 Å². The molecule has 1 atom stereocenters. The van der Waals surface area contributed by atoms with Crippen molar-refractivity contribution in [2.75, 3.05) is 32.7 Å². The number of benzene rings is 1. The van der Waals surface area contributed by atoms with Crippen molar-refractivity contribution in [2.24, 2.45) is 0 Å². The lowest BCUT2D eigenvalue weighted by Crippen LogP contribution is -2.51. The van der Waals surface area contributed by atoms with Gasteiger partial charge in [-0.2, -0.15) is 0 Å². The van der Waals surface area contributed by atoms with Gasteiger partial charge < -0.3 is 10.2 Å². The SMILES string of the molecule is CC[C@H](C)NC(=O)CN1CCN(C(=O)CCc2cccc(Cl)c2Cl)CC1. The van der Waals surface area contributed by atoms with Gasteiger partial charge in [0.2, 0.25) is 11.8 Å². The van der Waals surface area contributed by atoms with Crippen LogP contribution in [-0.4, -0.2) is 60.4 Å². The molecule has 0 unspecified atom stereocenters. The molecule has 1 fully saturated rings. The zero-order chi connectivity index (χ0) is 19.1. The first-order valence-electron chi connectivity index (χ1n) is 9.13. The highest BCUT2D eigenvalue weighted by Gasteiger charge is 2.22. The van der Waals surface area contributed by atoms with Gasteiger partial charge in [-0.25, -0.2) is 0 Å². The molecule has 2 amide bonds. The van der Waals surface area contributed by atoms with E-state index >= 15 is 0 Å². The predicted molar refractivity (Wildman–Crippen MR) is 106 cm³/mol. The van der Waals surface area contributed by atoms with E-state index in [1.54, 1.807) is 6.07 Å². The van der Waals surface area contributed by atoms with Crippen molar-refractivity contribution in [3.8, 4) is 0 Å². The summed E-state index contributed by atoms with van der Waals surface area (Å²) < 4.78 is 0. The van der Waals surface area contributed by atoms with E-state index in [-0.39, 0.29) is 17.9 Å². The number of carbonyl (C=O) groups excluding carboxylic acids is 2. The van der Waals surface area contributed by atoms with Crippen LogP contribution in [0.2, 0.25) is 10.0 Å². The van der Waals surface area contributed by atoms with Crippen LogP contribution in [0.25, 0.3) is 0 Å². The van der Waals surface area contributed by atoms with Crippen molar-refractivity contribution >= 4 is 35.0 Å². The molecule has 1 aliphatic rings. The molecule has 7 heteroatoms. The molecule has 5 nitrogen and oxygen atoms in total. The van der Waals surface area contributed by atoms with Crippen LogP contribution in [0.3, 0.4) is 0 Å². The van der Waals surface area contributed by atoms with Gasteiger partial charge in [0.25, 0.3) is 0 Å². The molecule has 1 aliphatic heterocycles. The number of amides is 2. The van der Waals surface area contributed by atoms with Gasteiger partial charge in [0.05, 0.1) is 16.6 Å². The summed E-state index contributed by atoms with van der Waals surface area (Å²) in [5.74, 6) is 0.166. The minimum Gasteiger partial charge on any atom is -0.353 e. The molecule has 2 rings (SSSR count). The predicted octanol–water partition coefficient (Wildman–Crippen LogP) is 2.98. The third kappa shape index (κ3) is 6.15. The highest BCUT2D eigenvalue weighted by atomic mass is 35.5. The maximum Gasteiger partial charge on any atom is 0.234 e. The molecule has 0 radical (unpaired) electrons. The summed E-state index contributed by atoms with van der Waals surface area (Å²) in [5, 5.41) is 4.02. The van der Waals surface area contributed by atoms with Crippen LogP contribution in [0.4, 0.5) is 0 Å². The van der Waals surface area contributed by atoms with E-state index in [0.717, 1.165) is 25.1 Å². The number of nitrogens with zero attached hydrogens (tertiary/aromatic N) is 2. The molecule has 1 N–H and O–H groups in total. The number of nitrogens with one attached hydrogen (secondary N) is 1. The van der Waals surface area contributed by atoms with Gasteiger partial charge in [0.15, 0.2) is 0 Å². The Morgan fingerprint density at radius 1 is 1.19 bits per heavy atom. The van der Waals surface area contributed by atoms with Crippen molar-refractivity contribution < 1.29 is 9.59 Å². The van der Waals surface area contributed by atoms with Crippen LogP contribution in [0.15, 0.2) is 18.2 Å². The molecule has 1 aromatic carbocycles. The molecule has 144 valence electrons. The Hall–Kier alpha value is -1.30. The second kappa shape index (κ2) is 10.1. The zero-order valence-electron chi connectivity index (χ0n) is 15.4. The number of hydrogen-bond donors (Lipinski definition) is 1. The number of carbonyl (C=O) groups is 2. The molecular weight excluding hydrogens is 373 g/mol. The van der Waals surface area contributed by atoms with E-state index in [9.17, 15) is 9.59 Å². The van der Waals surface area contributed by atoms with Crippen molar-refractivity contribution in [3.63, 3.8) is 0 Å². The fourth-order valence-electron chi connectivity index (χ4n) is 2.92. The molecule has 0 aromatic heterocycles. The Morgan fingerprint density at radius 3 is 2.54 bits per heavy atom. The lowest BCUT2D eigenvalue weighted by molar-refractivity contribution is -0.133. The molecule has 1 saturated heterocycles. The number of hydrogen-bond acceptors (Lipinski definition) is 3. The first-order valence-corrected chi connectivity index (χ1v) is 9.88. The van der Waals surface area contributed by atoms with Gasteiger partial charge in [-0.1, -0.05) is 42.3 Å². The monoisotopic (exact) mass is 399 g/mol. The second-order valence-electron chi connectivity index (χ2n) is 6.75. The summed E-state index contributed by atoms with van der Waals surface area (Å²) in [4.78, 5) is 28.3. The maximum atomic E-state index is 12.4. The summed E-state index contributed by atoms with van der Waals surface area (Å²) in [7, 11) is 0. The van der Waals surface area contributed by atoms with Crippen LogP contribution < -0.4 is 5.32 Å². The van der Waals surface area contributed by atoms with E-state index in [4.69, 9.17) is 23.2 Å². The zero-order valence-corrected chi connectivity index (χ0v) is 16.9. The largest absolute Gasteiger partial charge is 0.353 e. The van der Waals surface area contributed by atoms with E-state index in [1.807, 2.05) is 30.9 Å². The molecule has 0 bridgehead atoms. The lowest BCUT2D eigenvalue weighted by atomic mass is 10.1. The Kier molecular flexibility index (Phi) is 8.19. The average Bonchev–Trinajstić information content (AvgIpc) is 2.63. The fourth-order valence-corrected chi connectivity index (χ4v) is 3.34. The minimum absolute atomic E-state index is 0.0507. The summed E-state index contributed by atoms with van der Waals surface area (Å²) >= 11 is 12.2. The number of rotatable bonds is 7. The Labute approximate surface area is 165 Å². The van der Waals surface area contributed by atoms with Gasteiger partial charge in [-0.3, -0.25) is 14.5 Å². The van der Waals surface area contributed by atoms with E-state index in [1.165, 1.54) is 0 Å². The molecule has 1 aromatic rings. The summed E-state index contributed by atoms with van der Waals surface area (Å²) in [5.41, 5.74) is 0.896. The summed E-state index contributed by atoms with van der Waals surface area (Å²) in [6.07, 6.45) is 1.91. The van der Waals surface area contributed by atoms with Gasteiger partial charge in [-0.05, 0) is 31.4 Å². The quantitative estimate of drug-likeness (QED) is 0.766. The van der Waals surface area contributed by atoms with Crippen molar-refractivity contribution in [2.45, 2.75) is 39.2 Å². The van der Waals surface area contributed by atoms with Gasteiger partial charge in [0.1, 0.15) is 0 Å². The van der Waals surface area contributed by atoms with E-state index in [2.05, 4.69) is 10.2 Å². The molecule has 0 aliphatic carbocycles. The Morgan fingerprint density at radius 2 is 1.88 bits per heavy atom. The summed E-state index contributed by atoms with van der Waals surface area (Å²) in [6, 6.07) is 5.68. The van der Waals surface area contributed by atoms with Crippen molar-refractivity contribution in [1.82, 2.24) is 15.1 Å². The molecule has 26 heavy (non-hydrogen) atoms. The molecular formula is C19H27Cl2N3O2. The molecule has 0 saturated carbocycles. The smallest absolute Gasteiger partial charge is 0.234 e. The van der Waals surface area contributed by atoms with Crippen molar-refractivity contribution in [1.29, 1.82) is 0 Å². The standard InChI is InChI=1S/C19H27Cl2N3O2/c1-3-14(2)22-17(25)13-23-9-11-24(12-10-23)18(26)8-7-15-5-4-6-16(20)19(15)21/h4-6,14H,3,7-13H2,1-2H3,(H,22,25)/t14-/m0/s1. The average molecular weight is 400 g/mol. The first kappa shape index (κ1) is 21.0. The highest BCUT2D eigenvalue weighted by Crippen LogP contribution is 2.26. The molecule has 1 heterocycles. The number of piperazine rings is 1. The number of halogens is 2. The van der Waals surface area contributed by atoms with E-state index < -0.39 is 0 Å². The van der Waals surface area contributed by atoms with Crippen LogP contribution in [0, 0.1) is 0 Å². The normalized spacial score (nSPS) is 16.4. The first-order chi connectivity index (χ1) is 12.4. The fraction of sp³-hybridized carbons (Fsp3) is 0.579. The highest BCUT2D eigenvalue weighted by molar-refractivity contribution is 6.42. The second-order valence-corrected chi connectivity index (χ2v) is 7.53. The Balaban J connectivity index is 1.74. The van der Waals surface area contributed by atoms with Gasteiger partial charge >= 0.3 is 0 Å². The third-order valence-electron chi connectivity index (χ3n) is 4.75. The van der Waals surface area contributed by atoms with E-state index in [0.29, 0.717) is 42.5 Å². The van der Waals surface area contributed by atoms with Gasteiger partial charge in [-0.15, -0.1) is 0 Å². The topological polar surface area (TPSA) is 52.7 Å². The minimum atomic E-state index is 0.0507. The maximum absolute atomic E-state index is 12.4. The summed E-state index contributed by atoms with van der Waals surface area (Å²) in [6.45, 7) is 7.18. The Bertz CT molecular complexity index is 631. The lowest BCUT2D eigenvalue weighted by Gasteiger charge is -2.34. The number of aryl methyl sites for hydroxylation is 1. The van der Waals surface area contributed by atoms with Crippen LogP contribution in [0.1, 0.15) is 32.3 Å². The van der Waals surface area contributed by atoms with Crippen LogP contribution in [-0.2, 0) is 16.0 Å². The van der Waals surface area contributed by atoms with Gasteiger partial charge in [0, 0.05) is 38.6 Å². The van der Waals surface area contributed by atoms with Crippen LogP contribution >= 0.6 is 23.2 Å². The third-order valence-corrected chi connectivity index (χ3v) is 5.61. The van der Waals surface area contributed by atoms with Crippen LogP contribution in [0.5, 0.6) is 0 Å².